The van der Waals surface area contributed by atoms with Crippen molar-refractivity contribution in [2.24, 2.45) is 0 Å². The molecule has 6 nitrogen and oxygen atoms in total. The lowest BCUT2D eigenvalue weighted by Gasteiger charge is -2.25. The Morgan fingerprint density at radius 1 is 1.00 bits per heavy atom. The molecule has 162 valence electrons. The summed E-state index contributed by atoms with van der Waals surface area (Å²) in [5.74, 6) is -0.531. The molecule has 0 unspecified atom stereocenters. The second-order valence-electron chi connectivity index (χ2n) is 6.77. The molecule has 3 aromatic carbocycles. The van der Waals surface area contributed by atoms with Crippen LogP contribution in [0.3, 0.4) is 0 Å². The minimum atomic E-state index is -4.01. The van der Waals surface area contributed by atoms with Gasteiger partial charge in [0.05, 0.1) is 27.7 Å². The molecule has 1 aromatic heterocycles. The number of para-hydroxylation sites is 1. The molecule has 0 aliphatic carbocycles. The van der Waals surface area contributed by atoms with E-state index < -0.39 is 15.9 Å². The number of nitrogens with one attached hydrogen (secondary N) is 1. The third kappa shape index (κ3) is 4.83. The van der Waals surface area contributed by atoms with E-state index in [-0.39, 0.29) is 22.0 Å². The Hall–Kier alpha value is -3.20. The topological polar surface area (TPSA) is 79.4 Å². The highest BCUT2D eigenvalue weighted by molar-refractivity contribution is 7.92. The van der Waals surface area contributed by atoms with Crippen molar-refractivity contribution in [3.8, 4) is 0 Å². The molecule has 32 heavy (non-hydrogen) atoms. The fourth-order valence-corrected chi connectivity index (χ4v) is 5.28. The fraction of sp³-hybridized carbons (Fsp3) is 0.0435. The molecule has 0 bridgehead atoms. The quantitative estimate of drug-likeness (QED) is 0.379. The number of nitrogens with zero attached hydrogens (tertiary/aromatic N) is 2. The summed E-state index contributed by atoms with van der Waals surface area (Å²) in [4.78, 5) is 16.7. The molecule has 4 rings (SSSR count). The SMILES string of the molecule is O=C(Nc1nccs1)c1cc(S(=O)(=O)N(Cc2ccccc2)c2ccccc2)ccc1Cl. The first-order valence-corrected chi connectivity index (χ1v) is 12.3. The standard InChI is InChI=1S/C23H18ClN3O3S2/c24-21-12-11-19(15-20(21)22(28)26-23-25-13-14-31-23)32(29,30)27(18-9-5-2-6-10-18)16-17-7-3-1-4-8-17/h1-15H,16H2,(H,25,26,28). The van der Waals surface area contributed by atoms with Crippen LogP contribution in [-0.4, -0.2) is 19.3 Å². The third-order valence-electron chi connectivity index (χ3n) is 4.64. The molecule has 4 aromatic rings. The summed E-state index contributed by atoms with van der Waals surface area (Å²) in [5, 5.41) is 4.90. The summed E-state index contributed by atoms with van der Waals surface area (Å²) >= 11 is 7.47. The van der Waals surface area contributed by atoms with Crippen LogP contribution in [0.15, 0.2) is 95.3 Å². The van der Waals surface area contributed by atoms with Crippen molar-refractivity contribution in [1.29, 1.82) is 0 Å². The molecule has 0 saturated heterocycles. The predicted molar refractivity (Wildman–Crippen MR) is 128 cm³/mol. The fourth-order valence-electron chi connectivity index (χ4n) is 3.07. The molecule has 1 N–H and O–H groups in total. The van der Waals surface area contributed by atoms with Gasteiger partial charge in [0.25, 0.3) is 15.9 Å². The molecule has 0 aliphatic heterocycles. The van der Waals surface area contributed by atoms with Crippen LogP contribution in [0.1, 0.15) is 15.9 Å². The zero-order chi connectivity index (χ0) is 22.6. The molecule has 9 heteroatoms. The average Bonchev–Trinajstić information content (AvgIpc) is 3.32. The van der Waals surface area contributed by atoms with E-state index >= 15 is 0 Å². The van der Waals surface area contributed by atoms with Gasteiger partial charge in [-0.15, -0.1) is 11.3 Å². The molecule has 0 radical (unpaired) electrons. The van der Waals surface area contributed by atoms with Gasteiger partial charge < -0.3 is 0 Å². The second-order valence-corrected chi connectivity index (χ2v) is 9.93. The number of benzene rings is 3. The highest BCUT2D eigenvalue weighted by Crippen LogP contribution is 2.29. The van der Waals surface area contributed by atoms with Crippen molar-refractivity contribution >= 4 is 49.7 Å². The highest BCUT2D eigenvalue weighted by atomic mass is 35.5. The first kappa shape index (κ1) is 22.0. The van der Waals surface area contributed by atoms with Crippen LogP contribution in [0, 0.1) is 0 Å². The van der Waals surface area contributed by atoms with Crippen LogP contribution in [0.4, 0.5) is 10.8 Å². The molecule has 0 fully saturated rings. The molecule has 1 heterocycles. The van der Waals surface area contributed by atoms with Crippen molar-refractivity contribution in [3.05, 3.63) is 107 Å². The van der Waals surface area contributed by atoms with E-state index in [2.05, 4.69) is 10.3 Å². The maximum atomic E-state index is 13.7. The van der Waals surface area contributed by atoms with Gasteiger partial charge in [0, 0.05) is 11.6 Å². The molecule has 0 spiro atoms. The number of amides is 1. The van der Waals surface area contributed by atoms with E-state index in [1.807, 2.05) is 36.4 Å². The van der Waals surface area contributed by atoms with Crippen molar-refractivity contribution in [1.82, 2.24) is 4.98 Å². The van der Waals surface area contributed by atoms with E-state index in [0.717, 1.165) is 5.56 Å². The first-order valence-electron chi connectivity index (χ1n) is 9.57. The Bertz CT molecular complexity index is 1310. The summed E-state index contributed by atoms with van der Waals surface area (Å²) in [5.41, 5.74) is 1.39. The number of anilines is 2. The Morgan fingerprint density at radius 2 is 1.69 bits per heavy atom. The summed E-state index contributed by atoms with van der Waals surface area (Å²) in [6, 6.07) is 22.2. The van der Waals surface area contributed by atoms with Gasteiger partial charge in [-0.25, -0.2) is 13.4 Å². The van der Waals surface area contributed by atoms with E-state index in [1.165, 1.54) is 33.8 Å². The number of thiazole rings is 1. The molecule has 1 amide bonds. The summed E-state index contributed by atoms with van der Waals surface area (Å²) in [6.07, 6.45) is 1.56. The number of aromatic nitrogens is 1. The summed E-state index contributed by atoms with van der Waals surface area (Å²) < 4.78 is 28.7. The van der Waals surface area contributed by atoms with Crippen molar-refractivity contribution in [2.75, 3.05) is 9.62 Å². The van der Waals surface area contributed by atoms with Gasteiger partial charge in [-0.05, 0) is 35.9 Å². The summed E-state index contributed by atoms with van der Waals surface area (Å²) in [7, 11) is -4.01. The van der Waals surface area contributed by atoms with E-state index in [9.17, 15) is 13.2 Å². The Kier molecular flexibility index (Phi) is 6.55. The normalized spacial score (nSPS) is 11.2. The van der Waals surface area contributed by atoms with E-state index in [0.29, 0.717) is 10.8 Å². The second kappa shape index (κ2) is 9.52. The number of carbonyl (C=O) groups excluding carboxylic acids is 1. The van der Waals surface area contributed by atoms with Gasteiger partial charge >= 0.3 is 0 Å². The lowest BCUT2D eigenvalue weighted by atomic mass is 10.2. The largest absolute Gasteiger partial charge is 0.298 e. The van der Waals surface area contributed by atoms with Crippen molar-refractivity contribution in [2.45, 2.75) is 11.4 Å². The van der Waals surface area contributed by atoms with E-state index in [4.69, 9.17) is 11.6 Å². The number of sulfonamides is 1. The third-order valence-corrected chi connectivity index (χ3v) is 7.42. The Balaban J connectivity index is 1.73. The Morgan fingerprint density at radius 3 is 2.34 bits per heavy atom. The van der Waals surface area contributed by atoms with Crippen LogP contribution < -0.4 is 9.62 Å². The van der Waals surface area contributed by atoms with Crippen molar-refractivity contribution in [3.63, 3.8) is 0 Å². The van der Waals surface area contributed by atoms with Gasteiger partial charge in [-0.2, -0.15) is 0 Å². The van der Waals surface area contributed by atoms with Gasteiger partial charge in [0.15, 0.2) is 5.13 Å². The lowest BCUT2D eigenvalue weighted by molar-refractivity contribution is 0.102. The molecule has 0 atom stereocenters. The number of hydrogen-bond acceptors (Lipinski definition) is 5. The number of carbonyl (C=O) groups is 1. The number of halogens is 1. The van der Waals surface area contributed by atoms with Gasteiger partial charge in [-0.3, -0.25) is 14.4 Å². The van der Waals surface area contributed by atoms with Gasteiger partial charge in [-0.1, -0.05) is 60.1 Å². The van der Waals surface area contributed by atoms with E-state index in [1.54, 1.807) is 35.8 Å². The van der Waals surface area contributed by atoms with Gasteiger partial charge in [0.1, 0.15) is 0 Å². The van der Waals surface area contributed by atoms with Crippen LogP contribution in [0.25, 0.3) is 0 Å². The van der Waals surface area contributed by atoms with Gasteiger partial charge in [0.2, 0.25) is 0 Å². The van der Waals surface area contributed by atoms with Crippen LogP contribution in [-0.2, 0) is 16.6 Å². The minimum Gasteiger partial charge on any atom is -0.298 e. The maximum Gasteiger partial charge on any atom is 0.264 e. The molecular formula is C23H18ClN3O3S2. The van der Waals surface area contributed by atoms with Crippen molar-refractivity contribution < 1.29 is 13.2 Å². The maximum absolute atomic E-state index is 13.7. The zero-order valence-corrected chi connectivity index (χ0v) is 19.1. The number of rotatable bonds is 7. The minimum absolute atomic E-state index is 0.0361. The van der Waals surface area contributed by atoms with Crippen LogP contribution in [0.2, 0.25) is 5.02 Å². The van der Waals surface area contributed by atoms with Crippen LogP contribution >= 0.6 is 22.9 Å². The Labute approximate surface area is 195 Å². The number of hydrogen-bond donors (Lipinski definition) is 1. The highest BCUT2D eigenvalue weighted by Gasteiger charge is 2.27. The summed E-state index contributed by atoms with van der Waals surface area (Å²) in [6.45, 7) is 0.135. The smallest absolute Gasteiger partial charge is 0.264 e. The zero-order valence-electron chi connectivity index (χ0n) is 16.7. The lowest BCUT2D eigenvalue weighted by Crippen LogP contribution is -2.30. The van der Waals surface area contributed by atoms with Crippen LogP contribution in [0.5, 0.6) is 0 Å². The predicted octanol–water partition coefficient (Wildman–Crippen LogP) is 5.44. The molecular weight excluding hydrogens is 466 g/mol. The molecule has 0 saturated carbocycles. The first-order chi connectivity index (χ1) is 15.4. The average molecular weight is 484 g/mol. The monoisotopic (exact) mass is 483 g/mol. The molecule has 0 aliphatic rings.